The second kappa shape index (κ2) is 68.4. The molecule has 0 aromatic heterocycles. The van der Waals surface area contributed by atoms with Crippen LogP contribution in [0.1, 0.15) is 447 Å². The number of hydrogen-bond acceptors (Lipinski definition) is 0. The summed E-state index contributed by atoms with van der Waals surface area (Å²) < 4.78 is 4.55. The van der Waals surface area contributed by atoms with Crippen LogP contribution in [0, 0.1) is 27.7 Å². The van der Waals surface area contributed by atoms with Crippen LogP contribution in [0.25, 0.3) is 50.8 Å². The molecule has 0 bridgehead atoms. The van der Waals surface area contributed by atoms with E-state index < -0.39 is 0 Å². The fraction of sp³-hybridized carbons (Fsp3) is 0.570. The van der Waals surface area contributed by atoms with Crippen LogP contribution < -0.4 is 0 Å². The number of unbranched alkanes of at least 4 members (excludes halogenated alkanes) is 26. The third kappa shape index (κ3) is 42.2. The molecule has 0 saturated carbocycles. The first-order valence-electron chi connectivity index (χ1n) is 52.4. The first kappa shape index (κ1) is 113. The van der Waals surface area contributed by atoms with Gasteiger partial charge in [0.25, 0.3) is 0 Å². The fourth-order valence-electron chi connectivity index (χ4n) is 18.0. The van der Waals surface area contributed by atoms with E-state index >= 15 is 0 Å². The van der Waals surface area contributed by atoms with E-state index in [1.54, 1.807) is 4.70 Å². The maximum absolute atomic E-state index is 12.1. The Bertz CT molecular complexity index is 4320. The number of rotatable bonds is 60. The molecular formula is C121H182N6Pd2. The molecule has 0 N–H and O–H groups in total. The zero-order valence-corrected chi connectivity index (χ0v) is 88.4. The van der Waals surface area contributed by atoms with Gasteiger partial charge in [-0.15, -0.1) is 0 Å². The Labute approximate surface area is 809 Å². The van der Waals surface area contributed by atoms with Gasteiger partial charge in [0.2, 0.25) is 34.2 Å². The Balaban J connectivity index is 0.000000323. The van der Waals surface area contributed by atoms with Gasteiger partial charge in [-0.05, 0) is 286 Å². The second-order valence-corrected chi connectivity index (χ2v) is 42.1. The van der Waals surface area contributed by atoms with E-state index in [1.807, 2.05) is 12.2 Å². The molecule has 0 unspecified atom stereocenters. The van der Waals surface area contributed by atoms with E-state index in [2.05, 4.69) is 258 Å². The molecule has 0 radical (unpaired) electrons. The number of aryl methyl sites for hydroxylation is 12. The van der Waals surface area contributed by atoms with Crippen LogP contribution in [0.4, 0.5) is 0 Å². The van der Waals surface area contributed by atoms with Crippen molar-refractivity contribution in [1.82, 2.24) is 0 Å². The average molecular weight is 1930 g/mol. The molecule has 0 amide bonds. The minimum absolute atomic E-state index is 0.832. The van der Waals surface area contributed by atoms with Crippen LogP contribution in [0.15, 0.2) is 169 Å². The molecule has 6 aromatic rings. The number of hydrogen-bond donors (Lipinski definition) is 0. The van der Waals surface area contributed by atoms with Crippen molar-refractivity contribution in [2.24, 2.45) is 0 Å². The number of nitrogens with zero attached hydrogens (tertiary/aromatic N) is 6. The summed E-state index contributed by atoms with van der Waals surface area (Å²) >= 11 is 1.88. The Hall–Kier alpha value is -6.64. The normalized spacial score (nSPS) is 13.0. The van der Waals surface area contributed by atoms with Crippen LogP contribution in [-0.2, 0) is 87.3 Å². The van der Waals surface area contributed by atoms with Gasteiger partial charge in [0.05, 0.1) is 0 Å². The van der Waals surface area contributed by atoms with Crippen molar-refractivity contribution >= 4 is 34.2 Å². The summed E-state index contributed by atoms with van der Waals surface area (Å²) in [4.78, 5) is 5.12. The Morgan fingerprint density at radius 2 is 0.419 bits per heavy atom. The molecule has 3 aliphatic heterocycles. The molecular weight excluding hydrogens is 1750 g/mol. The monoisotopic (exact) mass is 1930 g/mol. The molecule has 9 rings (SSSR count). The Morgan fingerprint density at radius 3 is 0.682 bits per heavy atom. The Morgan fingerprint density at radius 1 is 0.225 bits per heavy atom. The molecule has 3 heterocycles. The second-order valence-electron chi connectivity index (χ2n) is 37.1. The van der Waals surface area contributed by atoms with Crippen LogP contribution in [0.3, 0.4) is 0 Å². The van der Waals surface area contributed by atoms with E-state index in [1.165, 1.54) is 355 Å². The standard InChI is InChI=1S/C43H66N2.2C34H48N2.2C3H5.2C2H5.2Pd/c1-6-11-16-21-25-36-28-35(23-18-13-8-3)30-40(31-36)42-34-39(27-20-15-10-5)43(45(42)44)41-32-37(24-19-14-9-4)29-38(33-41)26-22-17-12-7-2;2*1-6-9-12-13-14-15-18-30-25-33(31-21-26(4)19-28(23-31)16-10-7-2)36(35)34(30)32-22-27(5)20-29(24-32)17-11-8-3;2*1-3-2;2*1-2;;/h28-34H,6-27H2,1-5H3;2*19-25H,6-18H2,1-5H3;2*3H,1-2H2;2*1H2,2H3;;. The van der Waals surface area contributed by atoms with Crippen molar-refractivity contribution < 1.29 is 50.1 Å². The predicted molar refractivity (Wildman–Crippen MR) is 561 cm³/mol. The summed E-state index contributed by atoms with van der Waals surface area (Å²) in [5.74, 6) is 0. The molecule has 6 aromatic carbocycles. The summed E-state index contributed by atoms with van der Waals surface area (Å²) in [7, 11) is 0. The maximum atomic E-state index is 12.1. The quantitative estimate of drug-likeness (QED) is 0.0158. The summed E-state index contributed by atoms with van der Waals surface area (Å²) in [6.07, 6.45) is 68.9. The molecule has 6 nitrogen and oxygen atoms in total. The van der Waals surface area contributed by atoms with Gasteiger partial charge >= 0.3 is 94.7 Å². The van der Waals surface area contributed by atoms with Gasteiger partial charge in [0.1, 0.15) is 0 Å². The zero-order valence-electron chi connectivity index (χ0n) is 85.3. The average Bonchev–Trinajstić information content (AvgIpc) is 1.64. The first-order chi connectivity index (χ1) is 62.8. The molecule has 3 aliphatic rings. The van der Waals surface area contributed by atoms with Gasteiger partial charge in [-0.2, -0.15) is 0 Å². The number of allylic oxidation sites excluding steroid dienone is 8. The summed E-state index contributed by atoms with van der Waals surface area (Å²) in [5, 5.41) is 0. The van der Waals surface area contributed by atoms with Crippen molar-refractivity contribution in [3.05, 3.63) is 286 Å². The molecule has 0 aliphatic carbocycles. The molecule has 0 atom stereocenters. The molecule has 716 valence electrons. The van der Waals surface area contributed by atoms with Crippen LogP contribution in [0.5, 0.6) is 0 Å². The van der Waals surface area contributed by atoms with E-state index in [0.717, 1.165) is 169 Å². The predicted octanol–water partition coefficient (Wildman–Crippen LogP) is 39.1. The Kier molecular flexibility index (Phi) is 59.8. The van der Waals surface area contributed by atoms with Crippen LogP contribution in [-0.4, -0.2) is 14.1 Å². The van der Waals surface area contributed by atoms with Crippen LogP contribution in [0.2, 0.25) is 19.6 Å². The molecule has 0 fully saturated rings. The van der Waals surface area contributed by atoms with Gasteiger partial charge in [-0.25, -0.2) is 14.1 Å². The van der Waals surface area contributed by atoms with Gasteiger partial charge in [-0.1, -0.05) is 302 Å². The third-order valence-electron chi connectivity index (χ3n) is 24.9. The summed E-state index contributed by atoms with van der Waals surface area (Å²) in [6.45, 7) is 45.3. The van der Waals surface area contributed by atoms with Gasteiger partial charge in [-0.3, -0.25) is 0 Å². The number of benzene rings is 6. The fourth-order valence-corrected chi connectivity index (χ4v) is 19.7. The molecule has 129 heavy (non-hydrogen) atoms. The van der Waals surface area contributed by atoms with Gasteiger partial charge in [0.15, 0.2) is 0 Å². The first-order valence-corrected chi connectivity index (χ1v) is 56.8. The zero-order chi connectivity index (χ0) is 93.8. The van der Waals surface area contributed by atoms with Gasteiger partial charge < -0.3 is 16.6 Å². The molecule has 8 heteroatoms. The van der Waals surface area contributed by atoms with Crippen molar-refractivity contribution in [1.29, 1.82) is 0 Å². The minimum atomic E-state index is 0.832. The van der Waals surface area contributed by atoms with Gasteiger partial charge in [0, 0.05) is 68.3 Å². The molecule has 0 spiro atoms. The van der Waals surface area contributed by atoms with E-state index in [-0.39, 0.29) is 0 Å². The van der Waals surface area contributed by atoms with Crippen molar-refractivity contribution in [2.45, 2.75) is 445 Å². The van der Waals surface area contributed by atoms with E-state index in [0.29, 0.717) is 0 Å². The van der Waals surface area contributed by atoms with E-state index in [4.69, 9.17) is 0 Å². The molecule has 0 saturated heterocycles. The van der Waals surface area contributed by atoms with Crippen molar-refractivity contribution in [3.8, 4) is 0 Å². The third-order valence-corrected chi connectivity index (χ3v) is 28.3. The van der Waals surface area contributed by atoms with Crippen LogP contribution >= 0.6 is 0 Å². The van der Waals surface area contributed by atoms with Crippen molar-refractivity contribution in [3.63, 3.8) is 0 Å². The summed E-state index contributed by atoms with van der Waals surface area (Å²) in [6, 6.07) is 41.7. The van der Waals surface area contributed by atoms with E-state index in [9.17, 15) is 16.6 Å². The topological polar surface area (TPSA) is 75.9 Å². The SMILES string of the molecule is C=C[CH2][Pd][CH2]C=C.CCCCCCCCC1=C(c2cc(C)cc(CCCC)c2)[N+](=[N-])C(c2cc(C)cc(CCCC)c2)=C1.CCCCCCCCC1=C(c2cc(C)cc(CCCC)c2)[N+](=[N-])C(c2cc(C)cc(CCCC)c2)=C1.CCCCCCc1cc(CCCCC)cc(C2=CC(CCCCC)=C(c3cc(CCCCC)cc(CCCCCC)c3)[N+]2=[N-])c1.C[CH2][Pd][CH2]C. The van der Waals surface area contributed by atoms with Crippen molar-refractivity contribution in [2.75, 3.05) is 0 Å². The summed E-state index contributed by atoms with van der Waals surface area (Å²) in [5.41, 5.74) is 68.1.